The van der Waals surface area contributed by atoms with Gasteiger partial charge in [-0.25, -0.2) is 0 Å². The third kappa shape index (κ3) is 2.62. The molecule has 0 aromatic carbocycles. The highest BCUT2D eigenvalue weighted by Gasteiger charge is 2.47. The molecule has 5 nitrogen and oxygen atoms in total. The number of carbonyl (C=O) groups is 1. The molecule has 1 aromatic rings. The average Bonchev–Trinajstić information content (AvgIpc) is 3.17. The molecule has 1 aromatic heterocycles. The van der Waals surface area contributed by atoms with E-state index in [9.17, 15) is 4.79 Å². The Morgan fingerprint density at radius 1 is 1.07 bits per heavy atom. The highest BCUT2D eigenvalue weighted by Crippen LogP contribution is 2.45. The average molecular weight is 381 g/mol. The number of fused-ring (bicyclic) bond motifs is 7. The van der Waals surface area contributed by atoms with Gasteiger partial charge in [0.15, 0.2) is 5.69 Å². The van der Waals surface area contributed by atoms with Crippen LogP contribution in [0.5, 0.6) is 0 Å². The van der Waals surface area contributed by atoms with Gasteiger partial charge in [0.2, 0.25) is 0 Å². The first-order valence-electron chi connectivity index (χ1n) is 11.6. The van der Waals surface area contributed by atoms with Crippen molar-refractivity contribution in [3.05, 3.63) is 28.6 Å². The Balaban J connectivity index is 1.32. The molecule has 3 fully saturated rings. The fourth-order valence-corrected chi connectivity index (χ4v) is 7.00. The number of carbonyl (C=O) groups excluding carboxylic acids is 1. The molecular formula is C23H32N4O. The Morgan fingerprint density at radius 3 is 2.96 bits per heavy atom. The number of aryl methyl sites for hydroxylation is 1. The maximum Gasteiger partial charge on any atom is 0.275 e. The van der Waals surface area contributed by atoms with Crippen LogP contribution in [0.2, 0.25) is 0 Å². The molecule has 6 rings (SSSR count). The number of aromatic nitrogens is 2. The summed E-state index contributed by atoms with van der Waals surface area (Å²) in [6.45, 7) is 3.34. The molecule has 2 bridgehead atoms. The predicted molar refractivity (Wildman–Crippen MR) is 108 cm³/mol. The van der Waals surface area contributed by atoms with E-state index >= 15 is 0 Å². The first kappa shape index (κ1) is 17.3. The molecule has 0 radical (unpaired) electrons. The van der Waals surface area contributed by atoms with Gasteiger partial charge < -0.3 is 4.90 Å². The third-order valence-corrected chi connectivity index (χ3v) is 8.18. The van der Waals surface area contributed by atoms with Crippen molar-refractivity contribution in [3.63, 3.8) is 0 Å². The maximum atomic E-state index is 13.6. The summed E-state index contributed by atoms with van der Waals surface area (Å²) in [6, 6.07) is 1.08. The minimum atomic E-state index is 0.189. The van der Waals surface area contributed by atoms with Gasteiger partial charge in [0, 0.05) is 30.4 Å². The monoisotopic (exact) mass is 380 g/mol. The molecule has 2 unspecified atom stereocenters. The normalized spacial score (nSPS) is 34.9. The van der Waals surface area contributed by atoms with Crippen molar-refractivity contribution in [2.75, 3.05) is 19.6 Å². The summed E-state index contributed by atoms with van der Waals surface area (Å²) in [4.78, 5) is 18.6. The highest BCUT2D eigenvalue weighted by atomic mass is 16.2. The van der Waals surface area contributed by atoms with Gasteiger partial charge in [-0.05, 0) is 76.2 Å². The van der Waals surface area contributed by atoms with E-state index in [0.717, 1.165) is 43.5 Å². The van der Waals surface area contributed by atoms with Crippen molar-refractivity contribution in [2.24, 2.45) is 11.8 Å². The lowest BCUT2D eigenvalue weighted by Gasteiger charge is -2.54. The largest absolute Gasteiger partial charge is 0.330 e. The van der Waals surface area contributed by atoms with Gasteiger partial charge in [-0.1, -0.05) is 18.1 Å². The van der Waals surface area contributed by atoms with Crippen LogP contribution < -0.4 is 0 Å². The Kier molecular flexibility index (Phi) is 4.14. The lowest BCUT2D eigenvalue weighted by atomic mass is 9.68. The van der Waals surface area contributed by atoms with Crippen molar-refractivity contribution < 1.29 is 4.79 Å². The number of hydrogen-bond donors (Lipinski definition) is 1. The first-order chi connectivity index (χ1) is 13.8. The van der Waals surface area contributed by atoms with E-state index in [2.05, 4.69) is 26.1 Å². The Labute approximate surface area is 167 Å². The van der Waals surface area contributed by atoms with Gasteiger partial charge in [0.25, 0.3) is 5.91 Å². The summed E-state index contributed by atoms with van der Waals surface area (Å²) in [6.07, 6.45) is 14.7. The smallest absolute Gasteiger partial charge is 0.275 e. The van der Waals surface area contributed by atoms with Crippen molar-refractivity contribution >= 4 is 5.91 Å². The number of aromatic amines is 1. The predicted octanol–water partition coefficient (Wildman–Crippen LogP) is 3.32. The van der Waals surface area contributed by atoms with Crippen LogP contribution in [0, 0.1) is 11.8 Å². The Morgan fingerprint density at radius 2 is 2.00 bits per heavy atom. The molecule has 3 saturated heterocycles. The second kappa shape index (κ2) is 6.72. The second-order valence-corrected chi connectivity index (χ2v) is 9.74. The van der Waals surface area contributed by atoms with E-state index in [1.807, 2.05) is 0 Å². The van der Waals surface area contributed by atoms with Crippen LogP contribution in [0.4, 0.5) is 0 Å². The minimum absolute atomic E-state index is 0.189. The number of rotatable bonds is 1. The molecule has 4 heterocycles. The van der Waals surface area contributed by atoms with E-state index in [-0.39, 0.29) is 5.91 Å². The van der Waals surface area contributed by atoms with Gasteiger partial charge in [-0.15, -0.1) is 0 Å². The van der Waals surface area contributed by atoms with Crippen LogP contribution in [-0.2, 0) is 12.8 Å². The number of amides is 1. The number of nitrogens with one attached hydrogen (secondary N) is 1. The first-order valence-corrected chi connectivity index (χ1v) is 11.6. The molecule has 28 heavy (non-hydrogen) atoms. The Hall–Kier alpha value is -1.62. The van der Waals surface area contributed by atoms with E-state index in [4.69, 9.17) is 0 Å². The summed E-state index contributed by atoms with van der Waals surface area (Å²) < 4.78 is 0. The molecule has 2 aliphatic carbocycles. The van der Waals surface area contributed by atoms with Crippen molar-refractivity contribution in [1.82, 2.24) is 20.0 Å². The van der Waals surface area contributed by atoms with E-state index < -0.39 is 0 Å². The molecule has 150 valence electrons. The summed E-state index contributed by atoms with van der Waals surface area (Å²) >= 11 is 0. The molecule has 4 atom stereocenters. The molecule has 1 N–H and O–H groups in total. The topological polar surface area (TPSA) is 52.2 Å². The van der Waals surface area contributed by atoms with Crippen LogP contribution in [0.25, 0.3) is 0 Å². The van der Waals surface area contributed by atoms with Crippen molar-refractivity contribution in [3.8, 4) is 0 Å². The summed E-state index contributed by atoms with van der Waals surface area (Å²) in [5.74, 6) is 1.52. The van der Waals surface area contributed by atoms with Crippen molar-refractivity contribution in [2.45, 2.75) is 76.3 Å². The molecule has 0 spiro atoms. The van der Waals surface area contributed by atoms with E-state index in [0.29, 0.717) is 12.0 Å². The number of likely N-dealkylation sites (tertiary alicyclic amines) is 1. The number of hydrogen-bond acceptors (Lipinski definition) is 3. The van der Waals surface area contributed by atoms with E-state index in [1.165, 1.54) is 69.3 Å². The van der Waals surface area contributed by atoms with Gasteiger partial charge in [0.05, 0.1) is 6.04 Å². The van der Waals surface area contributed by atoms with Gasteiger partial charge in [0.1, 0.15) is 0 Å². The van der Waals surface area contributed by atoms with Gasteiger partial charge in [-0.2, -0.15) is 5.10 Å². The van der Waals surface area contributed by atoms with Crippen LogP contribution in [0.1, 0.15) is 73.1 Å². The number of H-pyrrole nitrogens is 1. The van der Waals surface area contributed by atoms with E-state index in [1.54, 1.807) is 5.57 Å². The Bertz CT molecular complexity index is 812. The number of nitrogens with zero attached hydrogens (tertiary/aromatic N) is 3. The maximum absolute atomic E-state index is 13.6. The van der Waals surface area contributed by atoms with Gasteiger partial charge >= 0.3 is 0 Å². The molecular weight excluding hydrogens is 348 g/mol. The van der Waals surface area contributed by atoms with Crippen LogP contribution in [-0.4, -0.2) is 57.6 Å². The van der Waals surface area contributed by atoms with Crippen molar-refractivity contribution in [1.29, 1.82) is 0 Å². The zero-order valence-electron chi connectivity index (χ0n) is 16.8. The second-order valence-electron chi connectivity index (χ2n) is 9.74. The number of piperidine rings is 3. The molecule has 0 saturated carbocycles. The van der Waals surface area contributed by atoms with Crippen LogP contribution in [0.3, 0.4) is 0 Å². The minimum Gasteiger partial charge on any atom is -0.330 e. The quantitative estimate of drug-likeness (QED) is 0.761. The molecule has 3 aliphatic heterocycles. The SMILES string of the molecule is O=C(c1n[nH]c2c1CCCC2)N1CCCC2=C[C@@H]3C[C@@H](CN4CCCCC34)C21. The molecule has 5 heteroatoms. The van der Waals surface area contributed by atoms with Crippen LogP contribution >= 0.6 is 0 Å². The lowest BCUT2D eigenvalue weighted by Crippen LogP contribution is -2.60. The molecule has 5 aliphatic rings. The summed E-state index contributed by atoms with van der Waals surface area (Å²) in [7, 11) is 0. The lowest BCUT2D eigenvalue weighted by molar-refractivity contribution is 0.00128. The van der Waals surface area contributed by atoms with Gasteiger partial charge in [-0.3, -0.25) is 14.8 Å². The standard InChI is InChI=1S/C23H32N4O/c28-23(21-18-7-1-2-8-19(18)24-25-21)27-11-5-6-15-12-16-13-17(22(15)27)14-26-10-4-3-9-20(16)26/h12,16-17,20,22H,1-11,13-14H2,(H,24,25)/t16-,17+,20?,22?/m1/s1. The molecule has 1 amide bonds. The fourth-order valence-electron chi connectivity index (χ4n) is 7.00. The highest BCUT2D eigenvalue weighted by molar-refractivity contribution is 5.94. The summed E-state index contributed by atoms with van der Waals surface area (Å²) in [5, 5.41) is 7.69. The zero-order valence-corrected chi connectivity index (χ0v) is 16.8. The fraction of sp³-hybridized carbons (Fsp3) is 0.739. The van der Waals surface area contributed by atoms with Crippen LogP contribution in [0.15, 0.2) is 11.6 Å². The zero-order chi connectivity index (χ0) is 18.7. The summed E-state index contributed by atoms with van der Waals surface area (Å²) in [5.41, 5.74) is 4.71. The third-order valence-electron chi connectivity index (χ3n) is 8.18.